The third-order valence-electron chi connectivity index (χ3n) is 10.8. The van der Waals surface area contributed by atoms with Gasteiger partial charge in [-0.25, -0.2) is 29.9 Å². The van der Waals surface area contributed by atoms with Crippen molar-refractivity contribution in [3.8, 4) is 90.6 Å². The van der Waals surface area contributed by atoms with Gasteiger partial charge in [0.15, 0.2) is 34.9 Å². The van der Waals surface area contributed by atoms with E-state index in [9.17, 15) is 0 Å². The Morgan fingerprint density at radius 2 is 0.525 bits per heavy atom. The van der Waals surface area contributed by atoms with Crippen LogP contribution in [0.15, 0.2) is 211 Å². The van der Waals surface area contributed by atoms with Gasteiger partial charge in [0.1, 0.15) is 11.2 Å². The van der Waals surface area contributed by atoms with Crippen LogP contribution in [-0.2, 0) is 0 Å². The lowest BCUT2D eigenvalue weighted by atomic mass is 9.97. The first-order valence-corrected chi connectivity index (χ1v) is 20.1. The zero-order valence-electron chi connectivity index (χ0n) is 32.7. The van der Waals surface area contributed by atoms with Gasteiger partial charge >= 0.3 is 0 Å². The van der Waals surface area contributed by atoms with Gasteiger partial charge in [-0.2, -0.15) is 0 Å². The van der Waals surface area contributed by atoms with Crippen molar-refractivity contribution in [2.24, 2.45) is 0 Å². The Hall–Kier alpha value is -8.42. The number of rotatable bonds is 8. The zero-order chi connectivity index (χ0) is 40.5. The number of furan rings is 1. The van der Waals surface area contributed by atoms with Gasteiger partial charge in [-0.3, -0.25) is 0 Å². The predicted octanol–water partition coefficient (Wildman–Crippen LogP) is 13.3. The molecular weight excluding hydrogens is 749 g/mol. The lowest BCUT2D eigenvalue weighted by Crippen LogP contribution is -2.00. The minimum atomic E-state index is 0.573. The fourth-order valence-electron chi connectivity index (χ4n) is 7.71. The quantitative estimate of drug-likeness (QED) is 0.152. The van der Waals surface area contributed by atoms with Crippen LogP contribution in [0.2, 0.25) is 0 Å². The molecule has 0 bridgehead atoms. The summed E-state index contributed by atoms with van der Waals surface area (Å²) >= 11 is 0. The van der Waals surface area contributed by atoms with Crippen LogP contribution >= 0.6 is 0 Å². The van der Waals surface area contributed by atoms with Gasteiger partial charge in [-0.15, -0.1) is 0 Å². The molecule has 61 heavy (non-hydrogen) atoms. The Balaban J connectivity index is 0.956. The Labute approximate surface area is 351 Å². The zero-order valence-corrected chi connectivity index (χ0v) is 32.7. The maximum atomic E-state index is 6.24. The van der Waals surface area contributed by atoms with Crippen LogP contribution in [0, 0.1) is 0 Å². The molecule has 11 aromatic rings. The number of hydrogen-bond donors (Lipinski definition) is 0. The topological polar surface area (TPSA) is 90.5 Å². The molecule has 0 saturated carbocycles. The van der Waals surface area contributed by atoms with E-state index in [0.717, 1.165) is 77.6 Å². The maximum absolute atomic E-state index is 6.24. The second kappa shape index (κ2) is 15.4. The number of aromatic nitrogens is 6. The molecule has 7 heteroatoms. The minimum Gasteiger partial charge on any atom is -0.456 e. The maximum Gasteiger partial charge on any atom is 0.164 e. The fraction of sp³-hybridized carbons (Fsp3) is 0. The normalized spacial score (nSPS) is 11.3. The second-order valence-corrected chi connectivity index (χ2v) is 14.8. The molecule has 0 aliphatic rings. The van der Waals surface area contributed by atoms with E-state index in [4.69, 9.17) is 34.3 Å². The van der Waals surface area contributed by atoms with Crippen LogP contribution < -0.4 is 0 Å². The average molecular weight is 783 g/mol. The molecule has 0 atom stereocenters. The molecular formula is C54H34N6O. The molecule has 11 rings (SSSR count). The van der Waals surface area contributed by atoms with Gasteiger partial charge in [0.05, 0.1) is 0 Å². The molecule has 0 amide bonds. The Morgan fingerprint density at radius 1 is 0.213 bits per heavy atom. The molecule has 0 radical (unpaired) electrons. The van der Waals surface area contributed by atoms with E-state index in [1.54, 1.807) is 0 Å². The smallest absolute Gasteiger partial charge is 0.164 e. The molecule has 3 heterocycles. The highest BCUT2D eigenvalue weighted by atomic mass is 16.3. The first-order chi connectivity index (χ1) is 30.2. The molecule has 0 aliphatic carbocycles. The summed E-state index contributed by atoms with van der Waals surface area (Å²) in [4.78, 5) is 29.9. The summed E-state index contributed by atoms with van der Waals surface area (Å²) in [5.41, 5.74) is 11.3. The van der Waals surface area contributed by atoms with Crippen molar-refractivity contribution in [2.75, 3.05) is 0 Å². The van der Waals surface area contributed by atoms with E-state index in [1.165, 1.54) is 0 Å². The van der Waals surface area contributed by atoms with E-state index in [-0.39, 0.29) is 0 Å². The monoisotopic (exact) mass is 782 g/mol. The standard InChI is InChI=1S/C54H34N6O/c1-4-15-35(16-5-1)49-55-50(36-17-6-2-7-18-36)57-52(56-49)42-25-13-23-40(32-42)38-21-12-22-39(31-38)41-24-14-26-43(33-41)53-58-51(37-19-8-3-9-20-37)59-54(60-53)44-29-30-46-45-27-10-11-28-47(45)61-48(46)34-44/h1-34H. The largest absolute Gasteiger partial charge is 0.456 e. The summed E-state index contributed by atoms with van der Waals surface area (Å²) in [6, 6.07) is 69.7. The van der Waals surface area contributed by atoms with Crippen molar-refractivity contribution < 1.29 is 4.42 Å². The first-order valence-electron chi connectivity index (χ1n) is 20.1. The van der Waals surface area contributed by atoms with E-state index in [2.05, 4.69) is 91.0 Å². The first kappa shape index (κ1) is 35.7. The van der Waals surface area contributed by atoms with Crippen LogP contribution in [0.4, 0.5) is 0 Å². The summed E-state index contributed by atoms with van der Waals surface area (Å²) < 4.78 is 6.24. The van der Waals surface area contributed by atoms with Crippen LogP contribution in [-0.4, -0.2) is 29.9 Å². The third-order valence-corrected chi connectivity index (χ3v) is 10.8. The van der Waals surface area contributed by atoms with Gasteiger partial charge in [0.25, 0.3) is 0 Å². The van der Waals surface area contributed by atoms with Crippen molar-refractivity contribution in [1.29, 1.82) is 0 Å². The molecule has 3 aromatic heterocycles. The fourth-order valence-corrected chi connectivity index (χ4v) is 7.71. The van der Waals surface area contributed by atoms with E-state index >= 15 is 0 Å². The van der Waals surface area contributed by atoms with Gasteiger partial charge in [0, 0.05) is 44.2 Å². The number of para-hydroxylation sites is 1. The Morgan fingerprint density at radius 3 is 0.967 bits per heavy atom. The minimum absolute atomic E-state index is 0.573. The van der Waals surface area contributed by atoms with E-state index in [1.807, 2.05) is 115 Å². The lowest BCUT2D eigenvalue weighted by molar-refractivity contribution is 0.669. The summed E-state index contributed by atoms with van der Waals surface area (Å²) in [5.74, 6) is 3.63. The van der Waals surface area contributed by atoms with Crippen molar-refractivity contribution in [1.82, 2.24) is 29.9 Å². The predicted molar refractivity (Wildman–Crippen MR) is 244 cm³/mol. The molecule has 286 valence electrons. The lowest BCUT2D eigenvalue weighted by Gasteiger charge is -2.11. The van der Waals surface area contributed by atoms with Gasteiger partial charge in [0.2, 0.25) is 0 Å². The highest BCUT2D eigenvalue weighted by Crippen LogP contribution is 2.35. The molecule has 0 saturated heterocycles. The number of benzene rings is 8. The molecule has 0 fully saturated rings. The number of nitrogens with zero attached hydrogens (tertiary/aromatic N) is 6. The molecule has 0 spiro atoms. The third kappa shape index (κ3) is 7.11. The molecule has 0 aliphatic heterocycles. The Kier molecular flexibility index (Phi) is 9.02. The van der Waals surface area contributed by atoms with Crippen molar-refractivity contribution in [3.05, 3.63) is 206 Å². The number of fused-ring (bicyclic) bond motifs is 3. The van der Waals surface area contributed by atoms with Crippen LogP contribution in [0.5, 0.6) is 0 Å². The van der Waals surface area contributed by atoms with E-state index in [0.29, 0.717) is 34.9 Å². The van der Waals surface area contributed by atoms with Gasteiger partial charge in [-0.1, -0.05) is 170 Å². The number of hydrogen-bond acceptors (Lipinski definition) is 7. The highest BCUT2D eigenvalue weighted by molar-refractivity contribution is 6.05. The van der Waals surface area contributed by atoms with Crippen LogP contribution in [0.1, 0.15) is 0 Å². The van der Waals surface area contributed by atoms with Gasteiger partial charge < -0.3 is 4.42 Å². The van der Waals surface area contributed by atoms with Crippen LogP contribution in [0.25, 0.3) is 113 Å². The summed E-state index contributed by atoms with van der Waals surface area (Å²) in [6.07, 6.45) is 0. The van der Waals surface area contributed by atoms with Crippen molar-refractivity contribution in [3.63, 3.8) is 0 Å². The van der Waals surface area contributed by atoms with Crippen molar-refractivity contribution in [2.45, 2.75) is 0 Å². The SMILES string of the molecule is c1ccc(-c2nc(-c3ccccc3)nc(-c3cccc(-c4cccc(-c5cccc(-c6nc(-c7ccccc7)nc(-c7ccc8c(c7)oc7ccccc78)n6)c5)c4)c3)n2)cc1. The summed E-state index contributed by atoms with van der Waals surface area (Å²) in [5, 5.41) is 2.13. The highest BCUT2D eigenvalue weighted by Gasteiger charge is 2.17. The molecule has 7 nitrogen and oxygen atoms in total. The average Bonchev–Trinajstić information content (AvgIpc) is 3.73. The Bertz CT molecular complexity index is 3310. The van der Waals surface area contributed by atoms with E-state index < -0.39 is 0 Å². The molecule has 0 unspecified atom stereocenters. The second-order valence-electron chi connectivity index (χ2n) is 14.8. The molecule has 0 N–H and O–H groups in total. The summed E-state index contributed by atoms with van der Waals surface area (Å²) in [7, 11) is 0. The van der Waals surface area contributed by atoms with Crippen molar-refractivity contribution >= 4 is 21.9 Å². The summed E-state index contributed by atoms with van der Waals surface area (Å²) in [6.45, 7) is 0. The molecule has 8 aromatic carbocycles. The van der Waals surface area contributed by atoms with Crippen LogP contribution in [0.3, 0.4) is 0 Å². The van der Waals surface area contributed by atoms with Gasteiger partial charge in [-0.05, 0) is 58.7 Å².